The minimum Gasteiger partial charge on any atom is -0.389 e. The Kier molecular flexibility index (Phi) is 7.58. The summed E-state index contributed by atoms with van der Waals surface area (Å²) in [5.41, 5.74) is 10.4. The first kappa shape index (κ1) is 29.7. The highest BCUT2D eigenvalue weighted by Gasteiger charge is 2.46. The number of nitrogen functional groups attached to an aromatic ring is 1. The maximum absolute atomic E-state index is 14.9. The zero-order valence-electron chi connectivity index (χ0n) is 25.0. The highest BCUT2D eigenvalue weighted by Crippen LogP contribution is 2.50. The lowest BCUT2D eigenvalue weighted by molar-refractivity contribution is -0.119. The van der Waals surface area contributed by atoms with Crippen molar-refractivity contribution >= 4 is 53.0 Å². The number of nitrogens with zero attached hydrogens (tertiary/aromatic N) is 5. The number of ketones is 1. The van der Waals surface area contributed by atoms with E-state index in [1.807, 2.05) is 0 Å². The van der Waals surface area contributed by atoms with Crippen LogP contribution < -0.4 is 16.4 Å². The van der Waals surface area contributed by atoms with E-state index >= 15 is 0 Å². The molecule has 0 radical (unpaired) electrons. The van der Waals surface area contributed by atoms with Crippen molar-refractivity contribution in [2.24, 2.45) is 4.99 Å². The number of hydrogen-bond acceptors (Lipinski definition) is 11. The molecule has 1 aliphatic carbocycles. The van der Waals surface area contributed by atoms with Gasteiger partial charge in [0.25, 0.3) is 0 Å². The topological polar surface area (TPSA) is 132 Å². The van der Waals surface area contributed by atoms with E-state index in [9.17, 15) is 14.4 Å². The molecule has 3 aliphatic heterocycles. The number of thiophene rings is 1. The van der Waals surface area contributed by atoms with Crippen molar-refractivity contribution in [3.8, 4) is 6.07 Å². The van der Waals surface area contributed by atoms with Gasteiger partial charge >= 0.3 is 0 Å². The van der Waals surface area contributed by atoms with E-state index in [2.05, 4.69) is 68.7 Å². The van der Waals surface area contributed by atoms with Crippen LogP contribution in [0.4, 0.5) is 9.39 Å². The number of anilines is 1. The molecule has 3 atom stereocenters. The van der Waals surface area contributed by atoms with Gasteiger partial charge in [0, 0.05) is 29.6 Å². The van der Waals surface area contributed by atoms with Gasteiger partial charge in [0.15, 0.2) is 11.6 Å². The largest absolute Gasteiger partial charge is 0.389 e. The molecule has 4 N–H and O–H groups in total. The minimum atomic E-state index is -0.516. The smallest absolute Gasteiger partial charge is 0.200 e. The summed E-state index contributed by atoms with van der Waals surface area (Å²) in [7, 11) is 7.01. The fourth-order valence-electron chi connectivity index (χ4n) is 6.27. The molecule has 0 aromatic carbocycles. The molecule has 226 valence electrons. The van der Waals surface area contributed by atoms with E-state index in [1.165, 1.54) is 6.20 Å². The Bertz CT molecular complexity index is 1710. The molecule has 1 fully saturated rings. The number of halogens is 1. The van der Waals surface area contributed by atoms with Crippen LogP contribution in [0.5, 0.6) is 0 Å². The molecule has 3 unspecified atom stereocenters. The summed E-state index contributed by atoms with van der Waals surface area (Å²) in [5.74, 6) is 1.01. The van der Waals surface area contributed by atoms with Gasteiger partial charge in [-0.2, -0.15) is 5.26 Å². The van der Waals surface area contributed by atoms with E-state index in [-0.39, 0.29) is 27.9 Å². The highest BCUT2D eigenvalue weighted by atomic mass is 32.1. The van der Waals surface area contributed by atoms with E-state index in [4.69, 9.17) is 15.5 Å². The number of hydrogen-bond donors (Lipinski definition) is 3. The third kappa shape index (κ3) is 4.74. The zero-order chi connectivity index (χ0) is 30.8. The van der Waals surface area contributed by atoms with E-state index < -0.39 is 11.9 Å². The summed E-state index contributed by atoms with van der Waals surface area (Å²) in [5, 5.41) is 18.5. The van der Waals surface area contributed by atoms with Gasteiger partial charge in [0.1, 0.15) is 22.9 Å². The second-order valence-corrected chi connectivity index (χ2v) is 13.7. The molecule has 0 spiro atoms. The summed E-state index contributed by atoms with van der Waals surface area (Å²) < 4.78 is 21.3. The number of guanidine groups is 1. The van der Waals surface area contributed by atoms with Gasteiger partial charge < -0.3 is 30.9 Å². The lowest BCUT2D eigenvalue weighted by Crippen LogP contribution is -2.70. The first-order chi connectivity index (χ1) is 20.5. The Hall–Kier alpha value is -3.36. The van der Waals surface area contributed by atoms with Crippen molar-refractivity contribution in [2.75, 3.05) is 46.1 Å². The summed E-state index contributed by atoms with van der Waals surface area (Å²) in [4.78, 5) is 26.9. The Morgan fingerprint density at radius 3 is 2.79 bits per heavy atom. The first-order valence-corrected chi connectivity index (χ1v) is 15.7. The van der Waals surface area contributed by atoms with Gasteiger partial charge in [-0.25, -0.2) is 9.38 Å². The number of nitrogens with two attached hydrogens (primary N) is 1. The zero-order valence-corrected chi connectivity index (χ0v) is 26.9. The molecule has 6 rings (SSSR count). The van der Waals surface area contributed by atoms with Gasteiger partial charge in [-0.1, -0.05) is 13.3 Å². The summed E-state index contributed by atoms with van der Waals surface area (Å²) in [6.45, 7) is 8.13. The lowest BCUT2D eigenvalue weighted by Gasteiger charge is -2.53. The standard InChI is InChI=1S/C30H36FN8O2PS/c1-6-7-19(14(2)40)35-28-22-17-11-41-10-16(17)20(23-21-15(8-32)27(33)43-26(21)18(31)9-34-23)25(42)24(22)36-29(37-28)39-12-30(3,13-39)38(4)5/h9,19,24,35H,6-7,10-13,33,42H2,1-5H3,(H,36,37). The van der Waals surface area contributed by atoms with Crippen LogP contribution >= 0.6 is 20.6 Å². The van der Waals surface area contributed by atoms with Crippen LogP contribution in [-0.4, -0.2) is 84.5 Å². The van der Waals surface area contributed by atoms with Crippen molar-refractivity contribution in [3.05, 3.63) is 51.1 Å². The maximum atomic E-state index is 14.9. The van der Waals surface area contributed by atoms with E-state index in [0.717, 1.165) is 64.3 Å². The molecular formula is C30H36FN8O2PS. The Morgan fingerprint density at radius 2 is 2.14 bits per heavy atom. The van der Waals surface area contributed by atoms with Gasteiger partial charge in [0.2, 0.25) is 5.96 Å². The van der Waals surface area contributed by atoms with Crippen molar-refractivity contribution in [2.45, 2.75) is 51.2 Å². The number of likely N-dealkylation sites (N-methyl/N-ethyl adjacent to an activating group) is 1. The number of nitrogens with one attached hydrogen (secondary N) is 2. The number of carbonyl (C=O) groups excluding carboxylic acids is 1. The van der Waals surface area contributed by atoms with Crippen LogP contribution in [0, 0.1) is 17.1 Å². The molecule has 5 heterocycles. The number of fused-ring (bicyclic) bond motifs is 3. The van der Waals surface area contributed by atoms with E-state index in [0.29, 0.717) is 41.4 Å². The van der Waals surface area contributed by atoms with Gasteiger partial charge in [-0.3, -0.25) is 9.78 Å². The summed E-state index contributed by atoms with van der Waals surface area (Å²) >= 11 is 1.05. The van der Waals surface area contributed by atoms with Gasteiger partial charge in [-0.05, 0) is 50.8 Å². The minimum absolute atomic E-state index is 0.00841. The van der Waals surface area contributed by atoms with Crippen LogP contribution in [0.25, 0.3) is 15.7 Å². The SMILES string of the molecule is CCCC(NC1=C2C3=C(COC3)C(c3ncc(F)c4sc(N)c(C#N)c34)=C(P)C2N=C(N2CC(C)(N(C)C)C2)N1)C(C)=O. The van der Waals surface area contributed by atoms with E-state index in [1.54, 1.807) is 6.92 Å². The molecule has 1 saturated heterocycles. The Balaban J connectivity index is 1.54. The third-order valence-electron chi connectivity index (χ3n) is 8.97. The number of aliphatic imine (C=N–C) groups is 1. The third-order valence-corrected chi connectivity index (χ3v) is 10.6. The molecule has 2 aromatic heterocycles. The van der Waals surface area contributed by atoms with Crippen molar-refractivity contribution in [1.82, 2.24) is 25.4 Å². The quantitative estimate of drug-likeness (QED) is 0.398. The average Bonchev–Trinajstić information content (AvgIpc) is 3.56. The second-order valence-electron chi connectivity index (χ2n) is 12.0. The number of rotatable bonds is 7. The van der Waals surface area contributed by atoms with Crippen LogP contribution in [0.1, 0.15) is 44.9 Å². The average molecular weight is 623 g/mol. The number of pyridine rings is 1. The van der Waals surface area contributed by atoms with Crippen molar-refractivity contribution in [1.29, 1.82) is 5.26 Å². The number of aromatic nitrogens is 1. The van der Waals surface area contributed by atoms with Crippen LogP contribution in [-0.2, 0) is 9.53 Å². The Labute approximate surface area is 256 Å². The molecule has 0 amide bonds. The summed E-state index contributed by atoms with van der Waals surface area (Å²) in [6, 6.07) is 1.36. The molecular weight excluding hydrogens is 586 g/mol. The normalized spacial score (nSPS) is 21.8. The number of ether oxygens (including phenoxy) is 1. The molecule has 10 nitrogen and oxygen atoms in total. The van der Waals surface area contributed by atoms with Crippen LogP contribution in [0.15, 0.2) is 39.0 Å². The molecule has 0 saturated carbocycles. The number of likely N-dealkylation sites (tertiary alicyclic amines) is 1. The number of carbonyl (C=O) groups is 1. The van der Waals surface area contributed by atoms with Crippen LogP contribution in [0.3, 0.4) is 0 Å². The highest BCUT2D eigenvalue weighted by molar-refractivity contribution is 7.23. The predicted molar refractivity (Wildman–Crippen MR) is 171 cm³/mol. The first-order valence-electron chi connectivity index (χ1n) is 14.3. The fraction of sp³-hybridized carbons (Fsp3) is 0.467. The second kappa shape index (κ2) is 11.0. The molecule has 43 heavy (non-hydrogen) atoms. The molecule has 2 aromatic rings. The molecule has 4 aliphatic rings. The number of nitriles is 1. The van der Waals surface area contributed by atoms with Gasteiger partial charge in [-0.15, -0.1) is 20.6 Å². The summed E-state index contributed by atoms with van der Waals surface area (Å²) in [6.07, 6.45) is 2.74. The lowest BCUT2D eigenvalue weighted by atomic mass is 9.82. The Morgan fingerprint density at radius 1 is 1.42 bits per heavy atom. The monoisotopic (exact) mass is 622 g/mol. The van der Waals surface area contributed by atoms with Gasteiger partial charge in [0.05, 0.1) is 46.9 Å². The fourth-order valence-corrected chi connectivity index (χ4v) is 7.74. The maximum Gasteiger partial charge on any atom is 0.200 e. The molecule has 0 bridgehead atoms. The van der Waals surface area contributed by atoms with Crippen LogP contribution in [0.2, 0.25) is 0 Å². The number of Topliss-reactive ketones (excluding diaryl/α,β-unsaturated/α-hetero) is 1. The van der Waals surface area contributed by atoms with Crippen molar-refractivity contribution in [3.63, 3.8) is 0 Å². The molecule has 13 heteroatoms. The predicted octanol–water partition coefficient (Wildman–Crippen LogP) is 3.34. The van der Waals surface area contributed by atoms with Crippen molar-refractivity contribution < 1.29 is 13.9 Å².